The fraction of sp³-hybridized carbons (Fsp3) is 0.316. The Kier molecular flexibility index (Phi) is 5.70. The smallest absolute Gasteiger partial charge is 0.250 e. The Hall–Kier alpha value is -1.76. The molecule has 1 aliphatic heterocycles. The number of sulfonamides is 1. The Labute approximate surface area is 169 Å². The zero-order valence-corrected chi connectivity index (χ0v) is 17.4. The number of para-hydroxylation sites is 1. The highest BCUT2D eigenvalue weighted by atomic mass is 35.5. The van der Waals surface area contributed by atoms with Crippen molar-refractivity contribution in [2.24, 2.45) is 0 Å². The number of fused-ring (bicyclic) bond motifs is 1. The van der Waals surface area contributed by atoms with Gasteiger partial charge >= 0.3 is 0 Å². The monoisotopic (exact) mass is 426 g/mol. The Morgan fingerprint density at radius 3 is 2.59 bits per heavy atom. The molecular weight excluding hydrogens is 407 g/mol. The Morgan fingerprint density at radius 1 is 1.22 bits per heavy atom. The van der Waals surface area contributed by atoms with E-state index in [4.69, 9.17) is 23.2 Å². The van der Waals surface area contributed by atoms with Crippen LogP contribution in [0.4, 0.5) is 11.4 Å². The largest absolute Gasteiger partial charge is 0.310 e. The zero-order chi connectivity index (χ0) is 19.8. The van der Waals surface area contributed by atoms with Gasteiger partial charge in [0.15, 0.2) is 0 Å². The van der Waals surface area contributed by atoms with Gasteiger partial charge in [0.1, 0.15) is 6.04 Å². The second kappa shape index (κ2) is 7.70. The predicted octanol–water partition coefficient (Wildman–Crippen LogP) is 4.13. The van der Waals surface area contributed by atoms with E-state index in [1.165, 1.54) is 12.1 Å². The van der Waals surface area contributed by atoms with Gasteiger partial charge in [0.2, 0.25) is 10.0 Å². The van der Waals surface area contributed by atoms with E-state index in [-0.39, 0.29) is 16.6 Å². The number of carbonyl (C=O) groups excluding carboxylic acids is 1. The van der Waals surface area contributed by atoms with Crippen molar-refractivity contribution in [1.29, 1.82) is 0 Å². The number of hydrogen-bond acceptors (Lipinski definition) is 3. The van der Waals surface area contributed by atoms with Gasteiger partial charge < -0.3 is 4.90 Å². The topological polar surface area (TPSA) is 57.7 Å². The second-order valence-electron chi connectivity index (χ2n) is 6.45. The van der Waals surface area contributed by atoms with Crippen LogP contribution in [0, 0.1) is 0 Å². The van der Waals surface area contributed by atoms with Crippen LogP contribution in [-0.4, -0.2) is 33.2 Å². The second-order valence-corrected chi connectivity index (χ2v) is 9.15. The van der Waals surface area contributed by atoms with Crippen molar-refractivity contribution >= 4 is 50.5 Å². The summed E-state index contributed by atoms with van der Waals surface area (Å²) in [5.74, 6) is -0.274. The van der Waals surface area contributed by atoms with E-state index in [0.717, 1.165) is 28.2 Å². The molecule has 0 saturated heterocycles. The minimum Gasteiger partial charge on any atom is -0.310 e. The molecular formula is C19H20Cl2N2O3S. The predicted molar refractivity (Wildman–Crippen MR) is 110 cm³/mol. The van der Waals surface area contributed by atoms with E-state index in [9.17, 15) is 13.2 Å². The van der Waals surface area contributed by atoms with Crippen LogP contribution in [0.1, 0.15) is 18.9 Å². The maximum absolute atomic E-state index is 13.3. The maximum atomic E-state index is 13.3. The molecule has 144 valence electrons. The third-order valence-electron chi connectivity index (χ3n) is 4.61. The number of nitrogens with zero attached hydrogens (tertiary/aromatic N) is 2. The summed E-state index contributed by atoms with van der Waals surface area (Å²) in [5, 5.41) is 0.565. The molecule has 1 amide bonds. The van der Waals surface area contributed by atoms with E-state index >= 15 is 0 Å². The Morgan fingerprint density at radius 2 is 1.93 bits per heavy atom. The molecule has 3 rings (SSSR count). The summed E-state index contributed by atoms with van der Waals surface area (Å²) in [4.78, 5) is 15.0. The summed E-state index contributed by atoms with van der Waals surface area (Å²) in [6.07, 6.45) is 2.11. The van der Waals surface area contributed by atoms with Crippen LogP contribution in [0.2, 0.25) is 10.0 Å². The van der Waals surface area contributed by atoms with E-state index in [1.54, 1.807) is 17.9 Å². The lowest BCUT2D eigenvalue weighted by atomic mass is 10.1. The summed E-state index contributed by atoms with van der Waals surface area (Å²) < 4.78 is 26.3. The molecule has 1 aliphatic rings. The standard InChI is InChI=1S/C19H20Cl2N2O3S/c1-3-16(19(24)22-11-10-13-6-4-5-7-17(13)22)23(27(2,25)26)18-12-14(20)8-9-15(18)21/h4-9,12,16H,3,10-11H2,1-2H3/t16-/m1/s1. The van der Waals surface area contributed by atoms with E-state index in [2.05, 4.69) is 0 Å². The number of rotatable bonds is 5. The van der Waals surface area contributed by atoms with Gasteiger partial charge in [-0.25, -0.2) is 8.42 Å². The molecule has 27 heavy (non-hydrogen) atoms. The molecule has 5 nitrogen and oxygen atoms in total. The first kappa shape index (κ1) is 20.0. The number of anilines is 2. The van der Waals surface area contributed by atoms with Crippen molar-refractivity contribution in [2.45, 2.75) is 25.8 Å². The van der Waals surface area contributed by atoms with Crippen molar-refractivity contribution in [3.8, 4) is 0 Å². The third kappa shape index (κ3) is 3.93. The first-order chi connectivity index (χ1) is 12.7. The van der Waals surface area contributed by atoms with Crippen molar-refractivity contribution in [3.63, 3.8) is 0 Å². The van der Waals surface area contributed by atoms with Crippen LogP contribution in [0.5, 0.6) is 0 Å². The lowest BCUT2D eigenvalue weighted by molar-refractivity contribution is -0.119. The lowest BCUT2D eigenvalue weighted by Crippen LogP contribution is -2.50. The highest BCUT2D eigenvalue weighted by molar-refractivity contribution is 7.92. The molecule has 2 aromatic rings. The van der Waals surface area contributed by atoms with E-state index in [0.29, 0.717) is 18.0 Å². The minimum absolute atomic E-state index is 0.208. The molecule has 0 radical (unpaired) electrons. The average molecular weight is 427 g/mol. The van der Waals surface area contributed by atoms with Crippen LogP contribution in [0.25, 0.3) is 0 Å². The van der Waals surface area contributed by atoms with Gasteiger partial charge in [0.05, 0.1) is 17.0 Å². The molecule has 0 aliphatic carbocycles. The highest BCUT2D eigenvalue weighted by Gasteiger charge is 2.37. The van der Waals surface area contributed by atoms with Crippen LogP contribution >= 0.6 is 23.2 Å². The summed E-state index contributed by atoms with van der Waals surface area (Å²) in [6, 6.07) is 11.3. The number of carbonyl (C=O) groups is 1. The Bertz CT molecular complexity index is 979. The van der Waals surface area contributed by atoms with E-state index in [1.807, 2.05) is 24.3 Å². The molecule has 0 spiro atoms. The first-order valence-electron chi connectivity index (χ1n) is 8.57. The van der Waals surface area contributed by atoms with Crippen LogP contribution < -0.4 is 9.21 Å². The fourth-order valence-electron chi connectivity index (χ4n) is 3.42. The summed E-state index contributed by atoms with van der Waals surface area (Å²) in [6.45, 7) is 2.30. The van der Waals surface area contributed by atoms with Crippen LogP contribution in [0.3, 0.4) is 0 Å². The normalized spacial score (nSPS) is 14.7. The fourth-order valence-corrected chi connectivity index (χ4v) is 5.06. The minimum atomic E-state index is -3.78. The summed E-state index contributed by atoms with van der Waals surface area (Å²) in [5.41, 5.74) is 2.11. The number of amides is 1. The van der Waals surface area contributed by atoms with Gasteiger partial charge in [0.25, 0.3) is 5.91 Å². The number of benzene rings is 2. The van der Waals surface area contributed by atoms with Gasteiger partial charge in [0, 0.05) is 17.3 Å². The molecule has 0 bridgehead atoms. The molecule has 1 heterocycles. The molecule has 0 saturated carbocycles. The van der Waals surface area contributed by atoms with E-state index < -0.39 is 16.1 Å². The summed E-state index contributed by atoms with van der Waals surface area (Å²) in [7, 11) is -3.78. The Balaban J connectivity index is 2.05. The molecule has 0 unspecified atom stereocenters. The first-order valence-corrected chi connectivity index (χ1v) is 11.2. The maximum Gasteiger partial charge on any atom is 0.250 e. The molecule has 0 aromatic heterocycles. The molecule has 1 atom stereocenters. The zero-order valence-electron chi connectivity index (χ0n) is 15.0. The number of hydrogen-bond donors (Lipinski definition) is 0. The van der Waals surface area contributed by atoms with Crippen molar-refractivity contribution in [3.05, 3.63) is 58.1 Å². The molecule has 2 aromatic carbocycles. The molecule has 8 heteroatoms. The van der Waals surface area contributed by atoms with Crippen LogP contribution in [0.15, 0.2) is 42.5 Å². The van der Waals surface area contributed by atoms with Crippen molar-refractivity contribution in [2.75, 3.05) is 22.0 Å². The highest BCUT2D eigenvalue weighted by Crippen LogP contribution is 2.35. The van der Waals surface area contributed by atoms with Crippen molar-refractivity contribution in [1.82, 2.24) is 0 Å². The third-order valence-corrected chi connectivity index (χ3v) is 6.33. The van der Waals surface area contributed by atoms with Crippen molar-refractivity contribution < 1.29 is 13.2 Å². The van der Waals surface area contributed by atoms with Gasteiger partial charge in [-0.05, 0) is 42.7 Å². The lowest BCUT2D eigenvalue weighted by Gasteiger charge is -2.33. The van der Waals surface area contributed by atoms with Gasteiger partial charge in [-0.3, -0.25) is 9.10 Å². The average Bonchev–Trinajstić information content (AvgIpc) is 3.04. The van der Waals surface area contributed by atoms with Gasteiger partial charge in [-0.15, -0.1) is 0 Å². The van der Waals surface area contributed by atoms with Crippen LogP contribution in [-0.2, 0) is 21.2 Å². The summed E-state index contributed by atoms with van der Waals surface area (Å²) >= 11 is 12.3. The van der Waals surface area contributed by atoms with Gasteiger partial charge in [-0.2, -0.15) is 0 Å². The van der Waals surface area contributed by atoms with Gasteiger partial charge in [-0.1, -0.05) is 48.3 Å². The SMILES string of the molecule is CC[C@H](C(=O)N1CCc2ccccc21)N(c1cc(Cl)ccc1Cl)S(C)(=O)=O. The number of halogens is 2. The molecule has 0 fully saturated rings. The quantitative estimate of drug-likeness (QED) is 0.721. The molecule has 0 N–H and O–H groups in total.